The zero-order valence-corrected chi connectivity index (χ0v) is 21.0. The lowest BCUT2D eigenvalue weighted by molar-refractivity contribution is -0.153. The molecule has 3 aliphatic rings. The number of halogens is 1. The monoisotopic (exact) mass is 517 g/mol. The van der Waals surface area contributed by atoms with Crippen molar-refractivity contribution in [2.45, 2.75) is 24.5 Å². The molecule has 0 saturated heterocycles. The van der Waals surface area contributed by atoms with E-state index in [1.165, 1.54) is 4.90 Å². The minimum absolute atomic E-state index is 0. The molecule has 36 heavy (non-hydrogen) atoms. The maximum atomic E-state index is 13.8. The van der Waals surface area contributed by atoms with Crippen LogP contribution in [0.15, 0.2) is 23.0 Å². The minimum atomic E-state index is -2.67. The molecule has 0 bridgehead atoms. The van der Waals surface area contributed by atoms with Crippen LogP contribution in [0.5, 0.6) is 5.75 Å². The van der Waals surface area contributed by atoms with Crippen LogP contribution in [0.3, 0.4) is 0 Å². The Morgan fingerprint density at radius 1 is 1.19 bits per heavy atom. The molecule has 0 spiro atoms. The van der Waals surface area contributed by atoms with Crippen LogP contribution in [0.2, 0.25) is 0 Å². The smallest absolute Gasteiger partial charge is 0.255 e. The number of aliphatic hydroxyl groups is 3. The highest BCUT2D eigenvalue weighted by Gasteiger charge is 2.64. The predicted molar refractivity (Wildman–Crippen MR) is 134 cm³/mol. The fourth-order valence-corrected chi connectivity index (χ4v) is 5.80. The molecule has 1 fully saturated rings. The first kappa shape index (κ1) is 27.1. The molecule has 1 aromatic carbocycles. The van der Waals surface area contributed by atoms with Crippen molar-refractivity contribution in [1.82, 2.24) is 4.90 Å². The summed E-state index contributed by atoms with van der Waals surface area (Å²) in [5.74, 6) is -4.62. The van der Waals surface area contributed by atoms with E-state index >= 15 is 0 Å². The number of likely N-dealkylation sites (N-methyl/N-ethyl adjacent to an activating group) is 1. The quantitative estimate of drug-likeness (QED) is 0.282. The molecule has 0 heterocycles. The number of ketones is 2. The number of aliphatic hydroxyl groups excluding tert-OH is 2. The number of hydrogen-bond donors (Lipinski definition) is 5. The number of benzene rings is 1. The summed E-state index contributed by atoms with van der Waals surface area (Å²) < 4.78 is 0. The van der Waals surface area contributed by atoms with Crippen molar-refractivity contribution < 1.29 is 34.8 Å². The zero-order valence-electron chi connectivity index (χ0n) is 20.2. The van der Waals surface area contributed by atoms with Crippen LogP contribution in [-0.2, 0) is 20.8 Å². The van der Waals surface area contributed by atoms with Crippen LogP contribution >= 0.6 is 12.4 Å². The van der Waals surface area contributed by atoms with E-state index < -0.39 is 58.0 Å². The Morgan fingerprint density at radius 2 is 1.81 bits per heavy atom. The van der Waals surface area contributed by atoms with Gasteiger partial charge in [-0.05, 0) is 44.5 Å². The van der Waals surface area contributed by atoms with Crippen LogP contribution in [0, 0.1) is 24.2 Å². The van der Waals surface area contributed by atoms with Crippen molar-refractivity contribution in [3.8, 4) is 18.1 Å². The van der Waals surface area contributed by atoms with Crippen molar-refractivity contribution in [2.24, 2.45) is 17.6 Å². The summed E-state index contributed by atoms with van der Waals surface area (Å²) in [5, 5.41) is 44.5. The number of terminal acetylenes is 1. The molecule has 11 heteroatoms. The van der Waals surface area contributed by atoms with Crippen LogP contribution in [0.25, 0.3) is 5.76 Å². The summed E-state index contributed by atoms with van der Waals surface area (Å²) in [6, 6.07) is 0.478. The average Bonchev–Trinajstić information content (AvgIpc) is 2.75. The molecule has 3 aliphatic carbocycles. The number of carbonyl (C=O) groups excluding carboxylic acids is 3. The first-order valence-corrected chi connectivity index (χ1v) is 11.0. The second kappa shape index (κ2) is 8.85. The van der Waals surface area contributed by atoms with Crippen LogP contribution < -0.4 is 10.6 Å². The summed E-state index contributed by atoms with van der Waals surface area (Å²) in [6.45, 7) is 0. The maximum Gasteiger partial charge on any atom is 0.255 e. The Labute approximate surface area is 214 Å². The van der Waals surface area contributed by atoms with Gasteiger partial charge in [-0.15, -0.1) is 18.8 Å². The lowest BCUT2D eigenvalue weighted by atomic mass is 9.57. The van der Waals surface area contributed by atoms with E-state index in [1.54, 1.807) is 39.2 Å². The Morgan fingerprint density at radius 3 is 2.31 bits per heavy atom. The summed E-state index contributed by atoms with van der Waals surface area (Å²) in [6.07, 6.45) is 5.75. The number of phenols is 1. The van der Waals surface area contributed by atoms with E-state index in [0.717, 1.165) is 0 Å². The molecule has 0 radical (unpaired) electrons. The zero-order chi connectivity index (χ0) is 26.1. The third kappa shape index (κ3) is 3.38. The lowest BCUT2D eigenvalue weighted by Crippen LogP contribution is -2.65. The van der Waals surface area contributed by atoms with Gasteiger partial charge in [0.1, 0.15) is 22.8 Å². The molecule has 0 aromatic heterocycles. The van der Waals surface area contributed by atoms with Gasteiger partial charge >= 0.3 is 0 Å². The van der Waals surface area contributed by atoms with Crippen LogP contribution in [-0.4, -0.2) is 82.6 Å². The Hall–Kier alpha value is -3.52. The summed E-state index contributed by atoms with van der Waals surface area (Å²) in [4.78, 5) is 42.1. The van der Waals surface area contributed by atoms with Gasteiger partial charge < -0.3 is 31.1 Å². The largest absolute Gasteiger partial charge is 0.508 e. The molecule has 0 unspecified atom stereocenters. The Bertz CT molecular complexity index is 1310. The molecule has 6 N–H and O–H groups in total. The first-order chi connectivity index (χ1) is 16.3. The number of fused-ring (bicyclic) bond motifs is 3. The maximum absolute atomic E-state index is 13.8. The standard InChI is InChI=1S/C25H27N3O7.ClH/c1-6-10-9-14(27(2)3)12-7-11-8-13-18(28(4)5)21(31)17(24(26)34)23(33)25(13,35)22(32)15(11)20(30)16(12)19(10)29;/h1,9,11,13,18,29-30,33,35H,7-8H2,2-5H3,(H2,26,34);1H/t11-,13-,18-,25-;/m0./s1. The molecule has 192 valence electrons. The van der Waals surface area contributed by atoms with E-state index in [9.17, 15) is 34.8 Å². The minimum Gasteiger partial charge on any atom is -0.508 e. The normalized spacial score (nSPS) is 27.1. The molecule has 1 aromatic rings. The van der Waals surface area contributed by atoms with Crippen molar-refractivity contribution in [2.75, 3.05) is 33.1 Å². The number of phenolic OH excluding ortho intramolecular Hbond substituents is 1. The molecular weight excluding hydrogens is 490 g/mol. The molecular formula is C25H28ClN3O7. The molecule has 0 aliphatic heterocycles. The van der Waals surface area contributed by atoms with Crippen molar-refractivity contribution >= 4 is 41.3 Å². The summed E-state index contributed by atoms with van der Waals surface area (Å²) in [5.41, 5.74) is 2.84. The van der Waals surface area contributed by atoms with Gasteiger partial charge in [0.15, 0.2) is 11.4 Å². The third-order valence-corrected chi connectivity index (χ3v) is 7.33. The number of anilines is 1. The van der Waals surface area contributed by atoms with Gasteiger partial charge in [-0.25, -0.2) is 0 Å². The van der Waals surface area contributed by atoms with E-state index in [0.29, 0.717) is 11.3 Å². The van der Waals surface area contributed by atoms with E-state index in [1.807, 2.05) is 0 Å². The SMILES string of the molecule is C#Cc1cc(N(C)C)c2c(c1O)C(O)=C1C(=O)[C@]3(O)C(O)=C(C(N)=O)C(=O)[C@@H](N(C)C)[C@@H]3C[C@@H]1C2.Cl. The highest BCUT2D eigenvalue weighted by atomic mass is 35.5. The molecule has 1 amide bonds. The third-order valence-electron chi connectivity index (χ3n) is 7.33. The predicted octanol–water partition coefficient (Wildman–Crippen LogP) is 0.433. The van der Waals surface area contributed by atoms with Gasteiger partial charge in [-0.1, -0.05) is 5.92 Å². The van der Waals surface area contributed by atoms with Gasteiger partial charge in [-0.2, -0.15) is 0 Å². The fraction of sp³-hybridized carbons (Fsp3) is 0.400. The van der Waals surface area contributed by atoms with Crippen molar-refractivity contribution in [3.05, 3.63) is 39.7 Å². The first-order valence-electron chi connectivity index (χ1n) is 11.0. The van der Waals surface area contributed by atoms with Gasteiger partial charge in [0.2, 0.25) is 5.78 Å². The molecule has 1 saturated carbocycles. The van der Waals surface area contributed by atoms with Crippen LogP contribution in [0.1, 0.15) is 23.1 Å². The lowest BCUT2D eigenvalue weighted by Gasteiger charge is -2.50. The van der Waals surface area contributed by atoms with Gasteiger partial charge in [0.25, 0.3) is 5.91 Å². The highest BCUT2D eigenvalue weighted by molar-refractivity contribution is 6.24. The van der Waals surface area contributed by atoms with E-state index in [2.05, 4.69) is 5.92 Å². The number of nitrogens with two attached hydrogens (primary N) is 1. The highest BCUT2D eigenvalue weighted by Crippen LogP contribution is 2.54. The number of hydrogen-bond acceptors (Lipinski definition) is 9. The fourth-order valence-electron chi connectivity index (χ4n) is 5.80. The Balaban J connectivity index is 0.00000361. The number of nitrogens with zero attached hydrogens (tertiary/aromatic N) is 2. The average molecular weight is 518 g/mol. The number of primary amides is 1. The molecule has 4 rings (SSSR count). The summed E-state index contributed by atoms with van der Waals surface area (Å²) >= 11 is 0. The Kier molecular flexibility index (Phi) is 6.66. The van der Waals surface area contributed by atoms with Gasteiger partial charge in [-0.3, -0.25) is 19.3 Å². The summed E-state index contributed by atoms with van der Waals surface area (Å²) in [7, 11) is 6.64. The van der Waals surface area contributed by atoms with E-state index in [4.69, 9.17) is 12.2 Å². The topological polar surface area (TPSA) is 165 Å². The second-order valence-corrected chi connectivity index (χ2v) is 9.65. The number of Topliss-reactive ketones (excluding diaryl/α,β-unsaturated/α-hetero) is 2. The number of amides is 1. The number of aromatic hydroxyl groups is 1. The van der Waals surface area contributed by atoms with Crippen LogP contribution in [0.4, 0.5) is 5.69 Å². The molecule has 10 nitrogen and oxygen atoms in total. The van der Waals surface area contributed by atoms with E-state index in [-0.39, 0.29) is 47.7 Å². The van der Waals surface area contributed by atoms with Gasteiger partial charge in [0.05, 0.1) is 17.2 Å². The second-order valence-electron chi connectivity index (χ2n) is 9.65. The van der Waals surface area contributed by atoms with Crippen molar-refractivity contribution in [3.63, 3.8) is 0 Å². The van der Waals surface area contributed by atoms with Crippen molar-refractivity contribution in [1.29, 1.82) is 0 Å². The van der Waals surface area contributed by atoms with Gasteiger partial charge in [0, 0.05) is 31.3 Å². The molecule has 4 atom stereocenters. The number of carbonyl (C=O) groups is 3. The number of rotatable bonds is 3.